The largest absolute Gasteiger partial charge is 0.481 e. The zero-order chi connectivity index (χ0) is 23.6. The van der Waals surface area contributed by atoms with Crippen LogP contribution in [-0.2, 0) is 28.8 Å². The lowest BCUT2D eigenvalue weighted by atomic mass is 10.0. The van der Waals surface area contributed by atoms with E-state index >= 15 is 0 Å². The summed E-state index contributed by atoms with van der Waals surface area (Å²) in [6.45, 7) is 4.74. The number of aliphatic carboxylic acids is 3. The van der Waals surface area contributed by atoms with E-state index in [1.807, 2.05) is 0 Å². The number of hydrogen-bond donors (Lipinski definition) is 7. The van der Waals surface area contributed by atoms with Gasteiger partial charge in [0.25, 0.3) is 0 Å². The molecule has 0 aromatic heterocycles. The van der Waals surface area contributed by atoms with E-state index < -0.39 is 72.6 Å². The van der Waals surface area contributed by atoms with Gasteiger partial charge in [-0.3, -0.25) is 24.0 Å². The second kappa shape index (κ2) is 12.4. The van der Waals surface area contributed by atoms with E-state index in [0.29, 0.717) is 0 Å². The highest BCUT2D eigenvalue weighted by Crippen LogP contribution is 2.06. The van der Waals surface area contributed by atoms with Gasteiger partial charge in [0.1, 0.15) is 18.1 Å². The zero-order valence-electron chi connectivity index (χ0n) is 16.9. The normalized spacial score (nSPS) is 14.7. The van der Waals surface area contributed by atoms with Gasteiger partial charge in [0.15, 0.2) is 0 Å². The lowest BCUT2D eigenvalue weighted by molar-refractivity contribution is -0.145. The number of nitrogens with two attached hydrogens (primary N) is 1. The summed E-state index contributed by atoms with van der Waals surface area (Å²) in [6, 6.07) is -5.71. The summed E-state index contributed by atoms with van der Waals surface area (Å²) in [5.41, 5.74) is 5.36. The molecule has 13 heteroatoms. The maximum atomic E-state index is 12.4. The summed E-state index contributed by atoms with van der Waals surface area (Å²) >= 11 is 0. The molecule has 0 bridgehead atoms. The molecule has 4 unspecified atom stereocenters. The monoisotopic (exact) mass is 432 g/mol. The van der Waals surface area contributed by atoms with Crippen LogP contribution in [0, 0.1) is 5.92 Å². The molecule has 0 fully saturated rings. The van der Waals surface area contributed by atoms with Crippen LogP contribution in [0.15, 0.2) is 0 Å². The zero-order valence-corrected chi connectivity index (χ0v) is 16.9. The summed E-state index contributed by atoms with van der Waals surface area (Å²) < 4.78 is 0. The van der Waals surface area contributed by atoms with Gasteiger partial charge in [-0.15, -0.1) is 0 Å². The molecule has 0 saturated carbocycles. The molecule has 30 heavy (non-hydrogen) atoms. The average molecular weight is 432 g/mol. The van der Waals surface area contributed by atoms with Crippen LogP contribution in [0.3, 0.4) is 0 Å². The maximum absolute atomic E-state index is 12.4. The van der Waals surface area contributed by atoms with E-state index in [1.165, 1.54) is 6.92 Å². The molecule has 0 aromatic rings. The smallest absolute Gasteiger partial charge is 0.326 e. The Morgan fingerprint density at radius 2 is 1.07 bits per heavy atom. The van der Waals surface area contributed by atoms with Gasteiger partial charge in [0.05, 0.1) is 18.9 Å². The number of carbonyl (C=O) groups excluding carboxylic acids is 3. The van der Waals surface area contributed by atoms with E-state index in [-0.39, 0.29) is 12.3 Å². The van der Waals surface area contributed by atoms with Crippen LogP contribution in [0.2, 0.25) is 0 Å². The van der Waals surface area contributed by atoms with E-state index in [9.17, 15) is 33.9 Å². The molecule has 0 rings (SSSR count). The Balaban J connectivity index is 5.48. The Morgan fingerprint density at radius 3 is 1.37 bits per heavy atom. The number of nitrogens with one attached hydrogen (secondary N) is 3. The molecule has 8 N–H and O–H groups in total. The van der Waals surface area contributed by atoms with Gasteiger partial charge in [-0.05, 0) is 19.3 Å². The Labute approximate surface area is 172 Å². The van der Waals surface area contributed by atoms with Gasteiger partial charge in [-0.1, -0.05) is 13.8 Å². The molecule has 3 amide bonds. The highest BCUT2D eigenvalue weighted by atomic mass is 16.4. The van der Waals surface area contributed by atoms with Crippen LogP contribution in [0.1, 0.15) is 40.0 Å². The topological polar surface area (TPSA) is 225 Å². The summed E-state index contributed by atoms with van der Waals surface area (Å²) in [6.07, 6.45) is -1.69. The first-order valence-electron chi connectivity index (χ1n) is 9.07. The third kappa shape index (κ3) is 10.4. The lowest BCUT2D eigenvalue weighted by Crippen LogP contribution is -2.57. The van der Waals surface area contributed by atoms with Crippen LogP contribution in [0.5, 0.6) is 0 Å². The third-order valence-electron chi connectivity index (χ3n) is 3.76. The molecule has 0 spiro atoms. The standard InChI is InChI=1S/C17H28N4O9/c1-7(2)4-11(17(29)30)21-16(28)10(6-13(24)25)20-15(27)9(5-12(22)23)19-14(26)8(3)18/h7-11H,4-6,18H2,1-3H3,(H,19,26)(H,20,27)(H,21,28)(H,22,23)(H,24,25)(H,29,30). The van der Waals surface area contributed by atoms with Gasteiger partial charge in [0.2, 0.25) is 17.7 Å². The van der Waals surface area contributed by atoms with Crippen molar-refractivity contribution in [3.63, 3.8) is 0 Å². The van der Waals surface area contributed by atoms with Gasteiger partial charge >= 0.3 is 17.9 Å². The average Bonchev–Trinajstić information content (AvgIpc) is 2.58. The predicted octanol–water partition coefficient (Wildman–Crippen LogP) is -2.13. The SMILES string of the molecule is CC(C)CC(NC(=O)C(CC(=O)O)NC(=O)C(CC(=O)O)NC(=O)C(C)N)C(=O)O. The van der Waals surface area contributed by atoms with Crippen molar-refractivity contribution in [2.45, 2.75) is 64.2 Å². The molecule has 0 heterocycles. The molecule has 0 aliphatic heterocycles. The van der Waals surface area contributed by atoms with Crippen molar-refractivity contribution in [1.29, 1.82) is 0 Å². The third-order valence-corrected chi connectivity index (χ3v) is 3.76. The minimum atomic E-state index is -1.70. The van der Waals surface area contributed by atoms with Crippen molar-refractivity contribution >= 4 is 35.6 Å². The number of carboxylic acid groups (broad SMARTS) is 3. The van der Waals surface area contributed by atoms with Crippen LogP contribution in [0.4, 0.5) is 0 Å². The molecule has 0 radical (unpaired) electrons. The maximum Gasteiger partial charge on any atom is 0.326 e. The Bertz CT molecular complexity index is 678. The van der Waals surface area contributed by atoms with Crippen molar-refractivity contribution < 1.29 is 44.1 Å². The second-order valence-corrected chi connectivity index (χ2v) is 7.14. The van der Waals surface area contributed by atoms with Crippen LogP contribution >= 0.6 is 0 Å². The van der Waals surface area contributed by atoms with Crippen molar-refractivity contribution in [1.82, 2.24) is 16.0 Å². The molecular weight excluding hydrogens is 404 g/mol. The summed E-state index contributed by atoms with van der Waals surface area (Å²) in [4.78, 5) is 69.9. The Morgan fingerprint density at radius 1 is 0.700 bits per heavy atom. The molecule has 0 saturated heterocycles. The van der Waals surface area contributed by atoms with Crippen LogP contribution in [0.25, 0.3) is 0 Å². The summed E-state index contributed by atoms with van der Waals surface area (Å²) in [5.74, 6) is -7.41. The van der Waals surface area contributed by atoms with Crippen molar-refractivity contribution in [3.05, 3.63) is 0 Å². The minimum Gasteiger partial charge on any atom is -0.481 e. The fraction of sp³-hybridized carbons (Fsp3) is 0.647. The highest BCUT2D eigenvalue weighted by Gasteiger charge is 2.32. The number of rotatable bonds is 13. The molecule has 4 atom stereocenters. The van der Waals surface area contributed by atoms with Crippen molar-refractivity contribution in [2.75, 3.05) is 0 Å². The molecule has 0 aliphatic carbocycles. The predicted molar refractivity (Wildman–Crippen MR) is 101 cm³/mol. The molecule has 0 aliphatic rings. The van der Waals surface area contributed by atoms with Crippen molar-refractivity contribution in [3.8, 4) is 0 Å². The Kier molecular flexibility index (Phi) is 11.0. The van der Waals surface area contributed by atoms with E-state index in [4.69, 9.17) is 15.9 Å². The van der Waals surface area contributed by atoms with Crippen molar-refractivity contribution in [2.24, 2.45) is 11.7 Å². The van der Waals surface area contributed by atoms with Gasteiger partial charge < -0.3 is 37.0 Å². The Hall–Kier alpha value is -3.22. The fourth-order valence-electron chi connectivity index (χ4n) is 2.31. The highest BCUT2D eigenvalue weighted by molar-refractivity contribution is 5.96. The van der Waals surface area contributed by atoms with Gasteiger partial charge in [-0.25, -0.2) is 4.79 Å². The summed E-state index contributed by atoms with van der Waals surface area (Å²) in [5, 5.41) is 33.5. The lowest BCUT2D eigenvalue weighted by Gasteiger charge is -2.24. The first-order valence-corrected chi connectivity index (χ1v) is 9.07. The molecule has 170 valence electrons. The fourth-order valence-corrected chi connectivity index (χ4v) is 2.31. The first kappa shape index (κ1) is 26.8. The molecule has 0 aromatic carbocycles. The minimum absolute atomic E-state index is 0.0564. The molecule has 13 nitrogen and oxygen atoms in total. The van der Waals surface area contributed by atoms with E-state index in [2.05, 4.69) is 16.0 Å². The number of carbonyl (C=O) groups is 6. The van der Waals surface area contributed by atoms with E-state index in [0.717, 1.165) is 0 Å². The van der Waals surface area contributed by atoms with E-state index in [1.54, 1.807) is 13.8 Å². The van der Waals surface area contributed by atoms with Crippen LogP contribution < -0.4 is 21.7 Å². The van der Waals surface area contributed by atoms with Gasteiger partial charge in [-0.2, -0.15) is 0 Å². The van der Waals surface area contributed by atoms with Gasteiger partial charge in [0, 0.05) is 0 Å². The number of carboxylic acids is 3. The number of amides is 3. The quantitative estimate of drug-likeness (QED) is 0.167. The second-order valence-electron chi connectivity index (χ2n) is 7.14. The molecular formula is C17H28N4O9. The van der Waals surface area contributed by atoms with Crippen LogP contribution in [-0.4, -0.2) is 75.1 Å². The summed E-state index contributed by atoms with van der Waals surface area (Å²) in [7, 11) is 0. The number of hydrogen-bond acceptors (Lipinski definition) is 7. The first-order chi connectivity index (χ1) is 13.7.